The molecule has 0 saturated carbocycles. The predicted molar refractivity (Wildman–Crippen MR) is 158 cm³/mol. The third kappa shape index (κ3) is 2.99. The van der Waals surface area contributed by atoms with Crippen molar-refractivity contribution >= 4 is 43.6 Å². The second-order valence-electron chi connectivity index (χ2n) is 9.66. The Kier molecular flexibility index (Phi) is 4.52. The van der Waals surface area contributed by atoms with E-state index < -0.39 is 0 Å². The van der Waals surface area contributed by atoms with Gasteiger partial charge >= 0.3 is 0 Å². The molecule has 0 aliphatic heterocycles. The fraction of sp³-hybridized carbons (Fsp3) is 0. The summed E-state index contributed by atoms with van der Waals surface area (Å²) in [5, 5.41) is 4.84. The van der Waals surface area contributed by atoms with E-state index in [2.05, 4.69) is 143 Å². The summed E-state index contributed by atoms with van der Waals surface area (Å²) in [6.45, 7) is 0. The molecule has 0 amide bonds. The highest BCUT2D eigenvalue weighted by atomic mass is 15.0. The van der Waals surface area contributed by atoms with Crippen molar-refractivity contribution in [2.24, 2.45) is 0 Å². The van der Waals surface area contributed by atoms with Crippen LogP contribution in [0.3, 0.4) is 0 Å². The van der Waals surface area contributed by atoms with Crippen LogP contribution in [0, 0.1) is 0 Å². The second-order valence-corrected chi connectivity index (χ2v) is 9.66. The van der Waals surface area contributed by atoms with Gasteiger partial charge in [-0.2, -0.15) is 0 Å². The number of hydrogen-bond acceptors (Lipinski definition) is 1. The Hall–Kier alpha value is -5.15. The Morgan fingerprint density at radius 2 is 0.974 bits per heavy atom. The molecular weight excluding hydrogens is 462 g/mol. The van der Waals surface area contributed by atoms with Gasteiger partial charge in [-0.05, 0) is 42.5 Å². The largest absolute Gasteiger partial charge is 0.309 e. The predicted octanol–water partition coefficient (Wildman–Crippen LogP) is 8.94. The number of rotatable bonds is 3. The molecule has 0 unspecified atom stereocenters. The summed E-state index contributed by atoms with van der Waals surface area (Å²) in [5.41, 5.74) is 9.08. The summed E-state index contributed by atoms with van der Waals surface area (Å²) in [6.07, 6.45) is 2.04. The molecule has 0 aliphatic carbocycles. The SMILES string of the molecule is c1ccc(-n2c3ccccc3c3cnc(-c4cccc5c6ccccc6n(-c6ccccc6)c45)cc32)cc1. The maximum atomic E-state index is 5.06. The molecule has 0 N–H and O–H groups in total. The van der Waals surface area contributed by atoms with Crippen LogP contribution < -0.4 is 0 Å². The van der Waals surface area contributed by atoms with E-state index in [1.165, 1.54) is 32.7 Å². The van der Waals surface area contributed by atoms with E-state index in [9.17, 15) is 0 Å². The number of pyridine rings is 1. The van der Waals surface area contributed by atoms with Gasteiger partial charge in [0.05, 0.1) is 27.8 Å². The molecule has 3 aromatic heterocycles. The van der Waals surface area contributed by atoms with E-state index in [0.29, 0.717) is 0 Å². The highest BCUT2D eigenvalue weighted by molar-refractivity contribution is 6.14. The molecule has 178 valence electrons. The minimum atomic E-state index is 0.961. The van der Waals surface area contributed by atoms with E-state index in [-0.39, 0.29) is 0 Å². The molecule has 0 bridgehead atoms. The molecule has 0 spiro atoms. The van der Waals surface area contributed by atoms with Crippen LogP contribution in [0.2, 0.25) is 0 Å². The molecule has 0 atom stereocenters. The number of fused-ring (bicyclic) bond motifs is 6. The van der Waals surface area contributed by atoms with Crippen molar-refractivity contribution in [2.45, 2.75) is 0 Å². The van der Waals surface area contributed by atoms with E-state index in [1.807, 2.05) is 6.20 Å². The molecule has 8 aromatic rings. The van der Waals surface area contributed by atoms with Crippen molar-refractivity contribution in [1.82, 2.24) is 14.1 Å². The van der Waals surface area contributed by atoms with E-state index >= 15 is 0 Å². The minimum Gasteiger partial charge on any atom is -0.309 e. The maximum absolute atomic E-state index is 5.06. The van der Waals surface area contributed by atoms with E-state index in [4.69, 9.17) is 4.98 Å². The molecule has 38 heavy (non-hydrogen) atoms. The molecule has 0 saturated heterocycles. The Morgan fingerprint density at radius 1 is 0.421 bits per heavy atom. The normalized spacial score (nSPS) is 11.7. The molecule has 3 heteroatoms. The monoisotopic (exact) mass is 485 g/mol. The highest BCUT2D eigenvalue weighted by Crippen LogP contribution is 2.39. The number of para-hydroxylation sites is 5. The highest BCUT2D eigenvalue weighted by Gasteiger charge is 2.18. The number of aromatic nitrogens is 3. The summed E-state index contributed by atoms with van der Waals surface area (Å²) >= 11 is 0. The lowest BCUT2D eigenvalue weighted by Gasteiger charge is -2.12. The van der Waals surface area contributed by atoms with Gasteiger partial charge in [0, 0.05) is 44.7 Å². The fourth-order valence-corrected chi connectivity index (χ4v) is 5.94. The van der Waals surface area contributed by atoms with Crippen LogP contribution in [0.1, 0.15) is 0 Å². The lowest BCUT2D eigenvalue weighted by atomic mass is 10.0. The third-order valence-electron chi connectivity index (χ3n) is 7.56. The lowest BCUT2D eigenvalue weighted by molar-refractivity contribution is 1.17. The average Bonchev–Trinajstić information content (AvgIpc) is 3.51. The van der Waals surface area contributed by atoms with Crippen molar-refractivity contribution < 1.29 is 0 Å². The maximum Gasteiger partial charge on any atom is 0.0744 e. The van der Waals surface area contributed by atoms with Crippen molar-refractivity contribution in [3.8, 4) is 22.6 Å². The minimum absolute atomic E-state index is 0.961. The van der Waals surface area contributed by atoms with Crippen LogP contribution in [0.5, 0.6) is 0 Å². The van der Waals surface area contributed by atoms with Crippen molar-refractivity contribution in [3.63, 3.8) is 0 Å². The Balaban J connectivity index is 1.48. The van der Waals surface area contributed by atoms with E-state index in [0.717, 1.165) is 33.5 Å². The van der Waals surface area contributed by atoms with Crippen LogP contribution in [-0.2, 0) is 0 Å². The number of nitrogens with zero attached hydrogens (tertiary/aromatic N) is 3. The van der Waals surface area contributed by atoms with Gasteiger partial charge in [-0.1, -0.05) is 91.0 Å². The van der Waals surface area contributed by atoms with Gasteiger partial charge < -0.3 is 9.13 Å². The summed E-state index contributed by atoms with van der Waals surface area (Å²) in [6, 6.07) is 47.3. The molecule has 3 heterocycles. The zero-order valence-corrected chi connectivity index (χ0v) is 20.6. The van der Waals surface area contributed by atoms with Gasteiger partial charge in [0.1, 0.15) is 0 Å². The van der Waals surface area contributed by atoms with Gasteiger partial charge in [-0.25, -0.2) is 0 Å². The Bertz CT molecular complexity index is 2120. The number of benzene rings is 5. The van der Waals surface area contributed by atoms with Crippen molar-refractivity contribution in [3.05, 3.63) is 140 Å². The first-order valence-corrected chi connectivity index (χ1v) is 12.9. The molecule has 0 radical (unpaired) electrons. The quantitative estimate of drug-likeness (QED) is 0.245. The molecule has 0 fully saturated rings. The van der Waals surface area contributed by atoms with Crippen molar-refractivity contribution in [1.29, 1.82) is 0 Å². The third-order valence-corrected chi connectivity index (χ3v) is 7.56. The van der Waals surface area contributed by atoms with Crippen LogP contribution in [0.4, 0.5) is 0 Å². The lowest BCUT2D eigenvalue weighted by Crippen LogP contribution is -1.97. The fourth-order valence-electron chi connectivity index (χ4n) is 5.94. The number of hydrogen-bond donors (Lipinski definition) is 0. The van der Waals surface area contributed by atoms with Gasteiger partial charge in [0.15, 0.2) is 0 Å². The second kappa shape index (κ2) is 8.19. The first kappa shape index (κ1) is 21.0. The van der Waals surface area contributed by atoms with Crippen molar-refractivity contribution in [2.75, 3.05) is 0 Å². The Labute approximate surface area is 219 Å². The molecule has 5 aromatic carbocycles. The Morgan fingerprint density at radius 3 is 1.68 bits per heavy atom. The van der Waals surface area contributed by atoms with Gasteiger partial charge in [-0.3, -0.25) is 4.98 Å². The summed E-state index contributed by atoms with van der Waals surface area (Å²) in [4.78, 5) is 5.06. The van der Waals surface area contributed by atoms with E-state index in [1.54, 1.807) is 0 Å². The van der Waals surface area contributed by atoms with Gasteiger partial charge in [0.25, 0.3) is 0 Å². The van der Waals surface area contributed by atoms with Crippen LogP contribution >= 0.6 is 0 Å². The summed E-state index contributed by atoms with van der Waals surface area (Å²) in [7, 11) is 0. The zero-order valence-electron chi connectivity index (χ0n) is 20.6. The average molecular weight is 486 g/mol. The molecular formula is C35H23N3. The van der Waals surface area contributed by atoms with Crippen LogP contribution in [0.15, 0.2) is 140 Å². The molecule has 3 nitrogen and oxygen atoms in total. The smallest absolute Gasteiger partial charge is 0.0744 e. The van der Waals surface area contributed by atoms with Gasteiger partial charge in [0.2, 0.25) is 0 Å². The van der Waals surface area contributed by atoms with Crippen LogP contribution in [0.25, 0.3) is 66.2 Å². The molecule has 0 aliphatic rings. The first-order chi connectivity index (χ1) is 18.9. The molecule has 8 rings (SSSR count). The van der Waals surface area contributed by atoms with Gasteiger partial charge in [-0.15, -0.1) is 0 Å². The standard InChI is InChI=1S/C35H23N3/c1-3-12-24(13-4-1)37-32-20-9-8-17-27(32)30-23-36-31(22-34(30)37)29-19-11-18-28-26-16-7-10-21-33(26)38(35(28)29)25-14-5-2-6-15-25/h1-23H. The summed E-state index contributed by atoms with van der Waals surface area (Å²) in [5.74, 6) is 0. The first-order valence-electron chi connectivity index (χ1n) is 12.9. The zero-order chi connectivity index (χ0) is 25.1. The topological polar surface area (TPSA) is 22.8 Å². The van der Waals surface area contributed by atoms with Crippen LogP contribution in [-0.4, -0.2) is 14.1 Å². The summed E-state index contributed by atoms with van der Waals surface area (Å²) < 4.78 is 4.72.